The van der Waals surface area contributed by atoms with Crippen molar-refractivity contribution in [3.05, 3.63) is 0 Å². The molecule has 1 fully saturated rings. The lowest BCUT2D eigenvalue weighted by atomic mass is 10.0. The molecular formula is C12H24N2O3. The second-order valence-corrected chi connectivity index (χ2v) is 4.51. The van der Waals surface area contributed by atoms with Gasteiger partial charge in [0, 0.05) is 27.2 Å². The molecule has 1 rings (SSSR count). The molecular weight excluding hydrogens is 220 g/mol. The number of hydrogen-bond donors (Lipinski definition) is 2. The largest absolute Gasteiger partial charge is 0.382 e. The van der Waals surface area contributed by atoms with Crippen LogP contribution in [0.15, 0.2) is 0 Å². The van der Waals surface area contributed by atoms with Crippen LogP contribution in [-0.2, 0) is 14.3 Å². The zero-order valence-corrected chi connectivity index (χ0v) is 10.8. The maximum atomic E-state index is 11.6. The zero-order valence-electron chi connectivity index (χ0n) is 10.8. The number of methoxy groups -OCH3 is 2. The van der Waals surface area contributed by atoms with E-state index in [9.17, 15) is 4.79 Å². The topological polar surface area (TPSA) is 59.6 Å². The van der Waals surface area contributed by atoms with E-state index in [1.54, 1.807) is 14.2 Å². The van der Waals surface area contributed by atoms with Crippen LogP contribution >= 0.6 is 0 Å². The molecule has 0 spiro atoms. The highest BCUT2D eigenvalue weighted by molar-refractivity contribution is 5.75. The first kappa shape index (κ1) is 14.4. The summed E-state index contributed by atoms with van der Waals surface area (Å²) in [5.41, 5.74) is 0. The van der Waals surface area contributed by atoms with Crippen LogP contribution < -0.4 is 10.6 Å². The Bertz CT molecular complexity index is 218. The quantitative estimate of drug-likeness (QED) is 0.638. The third-order valence-electron chi connectivity index (χ3n) is 3.15. The highest BCUT2D eigenvalue weighted by atomic mass is 16.5. The van der Waals surface area contributed by atoms with Crippen molar-refractivity contribution in [2.75, 3.05) is 40.5 Å². The second-order valence-electron chi connectivity index (χ2n) is 4.51. The Balaban J connectivity index is 2.07. The maximum absolute atomic E-state index is 11.6. The first-order valence-electron chi connectivity index (χ1n) is 6.25. The molecule has 5 heteroatoms. The molecule has 2 N–H and O–H groups in total. The molecule has 2 atom stereocenters. The summed E-state index contributed by atoms with van der Waals surface area (Å²) in [6, 6.07) is 0. The fourth-order valence-corrected chi connectivity index (χ4v) is 2.01. The molecule has 17 heavy (non-hydrogen) atoms. The number of ether oxygens (including phenoxy) is 2. The molecule has 5 nitrogen and oxygen atoms in total. The van der Waals surface area contributed by atoms with E-state index in [1.165, 1.54) is 6.42 Å². The van der Waals surface area contributed by atoms with E-state index in [4.69, 9.17) is 9.47 Å². The number of amides is 1. The van der Waals surface area contributed by atoms with Crippen molar-refractivity contribution in [1.82, 2.24) is 10.6 Å². The van der Waals surface area contributed by atoms with Gasteiger partial charge >= 0.3 is 0 Å². The zero-order chi connectivity index (χ0) is 12.5. The normalized spacial score (nSPS) is 21.4. The van der Waals surface area contributed by atoms with Crippen molar-refractivity contribution >= 4 is 5.91 Å². The van der Waals surface area contributed by atoms with Gasteiger partial charge < -0.3 is 20.1 Å². The lowest BCUT2D eigenvalue weighted by Crippen LogP contribution is -2.35. The summed E-state index contributed by atoms with van der Waals surface area (Å²) in [5, 5.41) is 6.18. The molecule has 1 aliphatic heterocycles. The van der Waals surface area contributed by atoms with Gasteiger partial charge in [-0.1, -0.05) is 0 Å². The molecule has 0 aromatic carbocycles. The third-order valence-corrected chi connectivity index (χ3v) is 3.15. The molecule has 1 amide bonds. The summed E-state index contributed by atoms with van der Waals surface area (Å²) in [6.07, 6.45) is 2.71. The van der Waals surface area contributed by atoms with E-state index >= 15 is 0 Å². The molecule has 1 saturated heterocycles. The summed E-state index contributed by atoms with van der Waals surface area (Å²) in [6.45, 7) is 3.17. The Hall–Kier alpha value is -0.650. The van der Waals surface area contributed by atoms with Gasteiger partial charge in [0.05, 0.1) is 12.7 Å². The van der Waals surface area contributed by atoms with Crippen LogP contribution in [0.1, 0.15) is 19.3 Å². The Morgan fingerprint density at radius 2 is 2.35 bits per heavy atom. The number of rotatable bonds is 8. The first-order valence-corrected chi connectivity index (χ1v) is 6.25. The van der Waals surface area contributed by atoms with E-state index in [1.807, 2.05) is 0 Å². The Labute approximate surface area is 103 Å². The minimum absolute atomic E-state index is 0.0582. The van der Waals surface area contributed by atoms with Crippen LogP contribution in [0.5, 0.6) is 0 Å². The molecule has 0 saturated carbocycles. The second kappa shape index (κ2) is 8.44. The van der Waals surface area contributed by atoms with Gasteiger partial charge in [-0.3, -0.25) is 4.79 Å². The van der Waals surface area contributed by atoms with Gasteiger partial charge in [-0.05, 0) is 31.8 Å². The lowest BCUT2D eigenvalue weighted by molar-refractivity contribution is -0.122. The smallest absolute Gasteiger partial charge is 0.220 e. The van der Waals surface area contributed by atoms with Gasteiger partial charge in [0.1, 0.15) is 0 Å². The van der Waals surface area contributed by atoms with Crippen molar-refractivity contribution in [3.8, 4) is 0 Å². The van der Waals surface area contributed by atoms with E-state index in [0.717, 1.165) is 19.5 Å². The number of hydrogen-bond acceptors (Lipinski definition) is 4. The highest BCUT2D eigenvalue weighted by Gasteiger charge is 2.16. The van der Waals surface area contributed by atoms with E-state index in [-0.39, 0.29) is 12.0 Å². The number of carbonyl (C=O) groups excluding carboxylic acids is 1. The molecule has 1 aliphatic rings. The van der Waals surface area contributed by atoms with Gasteiger partial charge in [-0.15, -0.1) is 0 Å². The van der Waals surface area contributed by atoms with Crippen molar-refractivity contribution in [2.45, 2.75) is 25.4 Å². The van der Waals surface area contributed by atoms with Crippen LogP contribution in [0.3, 0.4) is 0 Å². The van der Waals surface area contributed by atoms with E-state index in [0.29, 0.717) is 25.5 Å². The maximum Gasteiger partial charge on any atom is 0.220 e. The van der Waals surface area contributed by atoms with Crippen molar-refractivity contribution < 1.29 is 14.3 Å². The number of carbonyl (C=O) groups is 1. The summed E-state index contributed by atoms with van der Waals surface area (Å²) in [7, 11) is 3.25. The summed E-state index contributed by atoms with van der Waals surface area (Å²) < 4.78 is 10.2. The van der Waals surface area contributed by atoms with Crippen LogP contribution in [0.2, 0.25) is 0 Å². The van der Waals surface area contributed by atoms with Gasteiger partial charge in [0.2, 0.25) is 5.91 Å². The van der Waals surface area contributed by atoms with Crippen molar-refractivity contribution in [3.63, 3.8) is 0 Å². The first-order chi connectivity index (χ1) is 8.26. The summed E-state index contributed by atoms with van der Waals surface area (Å²) in [5.74, 6) is 0.771. The predicted octanol–water partition coefficient (Wildman–Crippen LogP) is 0.154. The molecule has 0 aliphatic carbocycles. The number of nitrogens with one attached hydrogen (secondary N) is 2. The van der Waals surface area contributed by atoms with Gasteiger partial charge in [-0.25, -0.2) is 0 Å². The average Bonchev–Trinajstić information content (AvgIpc) is 2.85. The monoisotopic (exact) mass is 244 g/mol. The molecule has 0 bridgehead atoms. The molecule has 0 aromatic heterocycles. The fourth-order valence-electron chi connectivity index (χ4n) is 2.01. The van der Waals surface area contributed by atoms with Gasteiger partial charge in [0.15, 0.2) is 0 Å². The Morgan fingerprint density at radius 3 is 2.94 bits per heavy atom. The minimum Gasteiger partial charge on any atom is -0.382 e. The third kappa shape index (κ3) is 6.00. The fraction of sp³-hybridized carbons (Fsp3) is 0.917. The average molecular weight is 244 g/mol. The molecule has 1 heterocycles. The highest BCUT2D eigenvalue weighted by Crippen LogP contribution is 2.13. The Kier molecular flexibility index (Phi) is 7.16. The van der Waals surface area contributed by atoms with E-state index < -0.39 is 0 Å². The van der Waals surface area contributed by atoms with Crippen molar-refractivity contribution in [2.24, 2.45) is 5.92 Å². The Morgan fingerprint density at radius 1 is 1.53 bits per heavy atom. The SMILES string of the molecule is COCC(CNC(=O)CCC1CCNC1)OC. The molecule has 0 aromatic rings. The molecule has 0 radical (unpaired) electrons. The van der Waals surface area contributed by atoms with Crippen LogP contribution in [0.25, 0.3) is 0 Å². The standard InChI is InChI=1S/C12H24N2O3/c1-16-9-11(17-2)8-14-12(15)4-3-10-5-6-13-7-10/h10-11,13H,3-9H2,1-2H3,(H,14,15). The van der Waals surface area contributed by atoms with Crippen LogP contribution in [-0.4, -0.2) is 52.5 Å². The van der Waals surface area contributed by atoms with Gasteiger partial charge in [0.25, 0.3) is 0 Å². The predicted molar refractivity (Wildman–Crippen MR) is 65.9 cm³/mol. The van der Waals surface area contributed by atoms with E-state index in [2.05, 4.69) is 10.6 Å². The summed E-state index contributed by atoms with van der Waals surface area (Å²) >= 11 is 0. The lowest BCUT2D eigenvalue weighted by Gasteiger charge is -2.15. The molecule has 100 valence electrons. The molecule has 2 unspecified atom stereocenters. The minimum atomic E-state index is -0.0582. The summed E-state index contributed by atoms with van der Waals surface area (Å²) in [4.78, 5) is 11.6. The van der Waals surface area contributed by atoms with Crippen LogP contribution in [0, 0.1) is 5.92 Å². The van der Waals surface area contributed by atoms with Gasteiger partial charge in [-0.2, -0.15) is 0 Å². The van der Waals surface area contributed by atoms with Crippen molar-refractivity contribution in [1.29, 1.82) is 0 Å². The van der Waals surface area contributed by atoms with Crippen LogP contribution in [0.4, 0.5) is 0 Å².